The highest BCUT2D eigenvalue weighted by atomic mass is 32.2. The summed E-state index contributed by atoms with van der Waals surface area (Å²) in [5.41, 5.74) is 9.00. The Hall–Kier alpha value is -1.71. The van der Waals surface area contributed by atoms with Gasteiger partial charge in [0.05, 0.1) is 4.92 Å². The smallest absolute Gasteiger partial charge is 0.294 e. The zero-order valence-electron chi connectivity index (χ0n) is 8.32. The summed E-state index contributed by atoms with van der Waals surface area (Å²) in [4.78, 5) is 8.96. The number of anilines is 1. The molecule has 9 heteroatoms. The van der Waals surface area contributed by atoms with Crippen LogP contribution in [0, 0.1) is 10.1 Å². The van der Waals surface area contributed by atoms with Crippen LogP contribution in [0.5, 0.6) is 0 Å². The van der Waals surface area contributed by atoms with Gasteiger partial charge < -0.3 is 11.5 Å². The van der Waals surface area contributed by atoms with Gasteiger partial charge in [0.15, 0.2) is 0 Å². The van der Waals surface area contributed by atoms with Gasteiger partial charge in [-0.05, 0) is 19.2 Å². The molecule has 0 heterocycles. The molecule has 8 nitrogen and oxygen atoms in total. The van der Waals surface area contributed by atoms with Gasteiger partial charge in [0.2, 0.25) is 0 Å². The number of hydrogen-bond acceptors (Lipinski definition) is 6. The van der Waals surface area contributed by atoms with Crippen molar-refractivity contribution >= 4 is 21.5 Å². The van der Waals surface area contributed by atoms with Crippen LogP contribution in [0.25, 0.3) is 0 Å². The molecule has 90 valence electrons. The van der Waals surface area contributed by atoms with Crippen LogP contribution in [0.15, 0.2) is 23.1 Å². The van der Waals surface area contributed by atoms with Gasteiger partial charge in [-0.1, -0.05) is 0 Å². The predicted octanol–water partition coefficient (Wildman–Crippen LogP) is -0.00140. The standard InChI is InChI=1S/C6H6N2O5S.CH5N/c7-5-2-1-4(14(11,12)13)3-6(5)8(9)10;1-2/h1-3H,7H2,(H,11,12,13);2H2,1H3. The fraction of sp³-hybridized carbons (Fsp3) is 0.143. The Morgan fingerprint density at radius 2 is 1.88 bits per heavy atom. The molecule has 1 aromatic carbocycles. The number of nitrogens with zero attached hydrogens (tertiary/aromatic N) is 1. The summed E-state index contributed by atoms with van der Waals surface area (Å²) in [6.45, 7) is 0. The second kappa shape index (κ2) is 5.39. The van der Waals surface area contributed by atoms with E-state index in [-0.39, 0.29) is 5.69 Å². The average molecular weight is 249 g/mol. The molecule has 0 aliphatic heterocycles. The van der Waals surface area contributed by atoms with Crippen molar-refractivity contribution in [3.8, 4) is 0 Å². The van der Waals surface area contributed by atoms with E-state index in [0.29, 0.717) is 6.07 Å². The lowest BCUT2D eigenvalue weighted by atomic mass is 10.3. The van der Waals surface area contributed by atoms with Crippen molar-refractivity contribution < 1.29 is 17.9 Å². The lowest BCUT2D eigenvalue weighted by Crippen LogP contribution is -2.01. The number of benzene rings is 1. The Morgan fingerprint density at radius 1 is 1.38 bits per heavy atom. The van der Waals surface area contributed by atoms with Crippen LogP contribution >= 0.6 is 0 Å². The van der Waals surface area contributed by atoms with E-state index in [9.17, 15) is 18.5 Å². The van der Waals surface area contributed by atoms with Gasteiger partial charge in [0.25, 0.3) is 15.8 Å². The van der Waals surface area contributed by atoms with Gasteiger partial charge >= 0.3 is 0 Å². The minimum Gasteiger partial charge on any atom is -0.393 e. The molecule has 0 aromatic heterocycles. The van der Waals surface area contributed by atoms with Crippen molar-refractivity contribution in [1.29, 1.82) is 0 Å². The minimum absolute atomic E-state index is 0.164. The van der Waals surface area contributed by atoms with Gasteiger partial charge in [-0.3, -0.25) is 14.7 Å². The van der Waals surface area contributed by atoms with E-state index >= 15 is 0 Å². The molecule has 0 spiro atoms. The van der Waals surface area contributed by atoms with E-state index in [4.69, 9.17) is 10.3 Å². The van der Waals surface area contributed by atoms with E-state index in [1.807, 2.05) is 0 Å². The monoisotopic (exact) mass is 249 g/mol. The molecule has 0 aliphatic rings. The van der Waals surface area contributed by atoms with Crippen molar-refractivity contribution in [2.24, 2.45) is 5.73 Å². The molecular weight excluding hydrogens is 238 g/mol. The van der Waals surface area contributed by atoms with Crippen LogP contribution in [0.3, 0.4) is 0 Å². The summed E-state index contributed by atoms with van der Waals surface area (Å²) in [6.07, 6.45) is 0. The van der Waals surface area contributed by atoms with Crippen LogP contribution in [0.2, 0.25) is 0 Å². The van der Waals surface area contributed by atoms with Gasteiger partial charge in [-0.25, -0.2) is 0 Å². The summed E-state index contributed by atoms with van der Waals surface area (Å²) in [5.74, 6) is 0. The molecule has 0 bridgehead atoms. The van der Waals surface area contributed by atoms with E-state index in [1.54, 1.807) is 0 Å². The molecule has 1 rings (SSSR count). The van der Waals surface area contributed by atoms with E-state index < -0.39 is 25.6 Å². The van der Waals surface area contributed by atoms with Gasteiger partial charge in [-0.15, -0.1) is 0 Å². The highest BCUT2D eigenvalue weighted by molar-refractivity contribution is 7.85. The summed E-state index contributed by atoms with van der Waals surface area (Å²) in [6, 6.07) is 2.73. The van der Waals surface area contributed by atoms with Gasteiger partial charge in [0.1, 0.15) is 10.6 Å². The summed E-state index contributed by atoms with van der Waals surface area (Å²) < 4.78 is 29.8. The molecule has 0 saturated carbocycles. The molecular formula is C7H11N3O5S. The van der Waals surface area contributed by atoms with Crippen molar-refractivity contribution in [1.82, 2.24) is 0 Å². The molecule has 0 fully saturated rings. The van der Waals surface area contributed by atoms with E-state index in [0.717, 1.165) is 12.1 Å². The first-order valence-corrected chi connectivity index (χ1v) is 5.35. The molecule has 1 aromatic rings. The lowest BCUT2D eigenvalue weighted by Gasteiger charge is -1.99. The number of rotatable bonds is 2. The first-order valence-electron chi connectivity index (χ1n) is 3.91. The molecule has 0 unspecified atom stereocenters. The van der Waals surface area contributed by atoms with Gasteiger partial charge in [0, 0.05) is 6.07 Å². The maximum atomic E-state index is 10.6. The summed E-state index contributed by atoms with van der Waals surface area (Å²) in [5, 5.41) is 10.4. The maximum absolute atomic E-state index is 10.6. The summed E-state index contributed by atoms with van der Waals surface area (Å²) >= 11 is 0. The Kier molecular flexibility index (Phi) is 4.82. The van der Waals surface area contributed by atoms with E-state index in [1.165, 1.54) is 7.05 Å². The Labute approximate surface area is 91.8 Å². The Balaban J connectivity index is 0.00000106. The average Bonchev–Trinajstić information content (AvgIpc) is 2.19. The van der Waals surface area contributed by atoms with Crippen molar-refractivity contribution in [3.05, 3.63) is 28.3 Å². The minimum atomic E-state index is -4.44. The number of nitrogens with two attached hydrogens (primary N) is 2. The Morgan fingerprint density at radius 3 is 2.25 bits per heavy atom. The zero-order valence-corrected chi connectivity index (χ0v) is 9.14. The second-order valence-corrected chi connectivity index (χ2v) is 3.87. The van der Waals surface area contributed by atoms with E-state index in [2.05, 4.69) is 5.73 Å². The van der Waals surface area contributed by atoms with Crippen molar-refractivity contribution in [3.63, 3.8) is 0 Å². The van der Waals surface area contributed by atoms with Gasteiger partial charge in [-0.2, -0.15) is 8.42 Å². The predicted molar refractivity (Wildman–Crippen MR) is 57.4 cm³/mol. The highest BCUT2D eigenvalue weighted by Crippen LogP contribution is 2.24. The highest BCUT2D eigenvalue weighted by Gasteiger charge is 2.17. The van der Waals surface area contributed by atoms with Crippen LogP contribution in [-0.4, -0.2) is 24.9 Å². The molecule has 0 amide bonds. The first-order chi connectivity index (χ1) is 7.32. The normalized spacial score (nSPS) is 10.2. The second-order valence-electron chi connectivity index (χ2n) is 2.45. The van der Waals surface area contributed by atoms with Crippen molar-refractivity contribution in [2.45, 2.75) is 4.90 Å². The fourth-order valence-corrected chi connectivity index (χ4v) is 1.34. The number of nitro groups is 1. The molecule has 0 atom stereocenters. The first kappa shape index (κ1) is 14.3. The SMILES string of the molecule is CN.Nc1ccc(S(=O)(=O)O)cc1[N+](=O)[O-]. The maximum Gasteiger partial charge on any atom is 0.294 e. The zero-order chi connectivity index (χ0) is 12.9. The largest absolute Gasteiger partial charge is 0.393 e. The quantitative estimate of drug-likeness (QED) is 0.289. The van der Waals surface area contributed by atoms with Crippen molar-refractivity contribution in [2.75, 3.05) is 12.8 Å². The molecule has 0 saturated heterocycles. The van der Waals surface area contributed by atoms with Crippen LogP contribution in [-0.2, 0) is 10.1 Å². The molecule has 0 radical (unpaired) electrons. The number of nitro benzene ring substituents is 1. The number of nitrogen functional groups attached to an aromatic ring is 1. The molecule has 16 heavy (non-hydrogen) atoms. The van der Waals surface area contributed by atoms with Crippen LogP contribution in [0.4, 0.5) is 11.4 Å². The van der Waals surface area contributed by atoms with Crippen LogP contribution < -0.4 is 11.5 Å². The van der Waals surface area contributed by atoms with Crippen LogP contribution in [0.1, 0.15) is 0 Å². The number of hydrogen-bond donors (Lipinski definition) is 3. The fourth-order valence-electron chi connectivity index (χ4n) is 0.842. The third-order valence-corrected chi connectivity index (χ3v) is 2.35. The molecule has 0 aliphatic carbocycles. The third-order valence-electron chi connectivity index (χ3n) is 1.50. The topological polar surface area (TPSA) is 150 Å². The summed E-state index contributed by atoms with van der Waals surface area (Å²) in [7, 11) is -2.94. The third kappa shape index (κ3) is 3.46. The lowest BCUT2D eigenvalue weighted by molar-refractivity contribution is -0.384. The Bertz CT molecular complexity index is 485. The molecule has 5 N–H and O–H groups in total.